The minimum absolute atomic E-state index is 0.0613. The SMILES string of the molecule is O=C(O)[C@@]1(C(=O)OCC2c3ccccc3-c3ccccc32)CCCNC1. The third-order valence-electron chi connectivity index (χ3n) is 5.53. The molecule has 1 saturated heterocycles. The highest BCUT2D eigenvalue weighted by Crippen LogP contribution is 2.44. The standard InChI is InChI=1S/C21H21NO4/c23-19(24)21(10-5-11-22-13-21)20(25)26-12-18-16-8-3-1-6-14(16)15-7-2-4-9-17(15)18/h1-4,6-9,18,22H,5,10-13H2,(H,23,24)/t21-/m1/s1. The number of aliphatic carboxylic acids is 1. The molecule has 1 aliphatic heterocycles. The number of rotatable bonds is 4. The van der Waals surface area contributed by atoms with E-state index in [-0.39, 0.29) is 19.1 Å². The second-order valence-electron chi connectivity index (χ2n) is 6.99. The van der Waals surface area contributed by atoms with Crippen LogP contribution in [0.3, 0.4) is 0 Å². The summed E-state index contributed by atoms with van der Waals surface area (Å²) in [5, 5.41) is 12.6. The maximum absolute atomic E-state index is 12.7. The highest BCUT2D eigenvalue weighted by Gasteiger charge is 2.49. The van der Waals surface area contributed by atoms with Crippen molar-refractivity contribution in [3.05, 3.63) is 59.7 Å². The van der Waals surface area contributed by atoms with Crippen LogP contribution in [0.15, 0.2) is 48.5 Å². The third-order valence-corrected chi connectivity index (χ3v) is 5.53. The fourth-order valence-electron chi connectivity index (χ4n) is 4.09. The molecule has 2 aliphatic rings. The Bertz CT molecular complexity index is 809. The van der Waals surface area contributed by atoms with Crippen molar-refractivity contribution in [2.24, 2.45) is 5.41 Å². The van der Waals surface area contributed by atoms with E-state index in [0.29, 0.717) is 12.8 Å². The van der Waals surface area contributed by atoms with Gasteiger partial charge in [0.1, 0.15) is 6.61 Å². The molecule has 1 atom stereocenters. The predicted octanol–water partition coefficient (Wildman–Crippen LogP) is 2.80. The number of esters is 1. The second kappa shape index (κ2) is 6.57. The summed E-state index contributed by atoms with van der Waals surface area (Å²) in [7, 11) is 0. The molecule has 4 rings (SSSR count). The number of ether oxygens (including phenoxy) is 1. The lowest BCUT2D eigenvalue weighted by Crippen LogP contribution is -2.51. The number of carboxylic acids is 1. The number of carbonyl (C=O) groups excluding carboxylic acids is 1. The van der Waals surface area contributed by atoms with Gasteiger partial charge in [-0.25, -0.2) is 0 Å². The van der Waals surface area contributed by atoms with E-state index in [1.165, 1.54) is 0 Å². The summed E-state index contributed by atoms with van der Waals surface area (Å²) in [5.74, 6) is -1.81. The normalized spacial score (nSPS) is 21.7. The van der Waals surface area contributed by atoms with Crippen molar-refractivity contribution in [2.75, 3.05) is 19.7 Å². The first-order valence-electron chi connectivity index (χ1n) is 8.93. The molecule has 0 spiro atoms. The Balaban J connectivity index is 1.58. The lowest BCUT2D eigenvalue weighted by molar-refractivity contribution is -0.170. The highest BCUT2D eigenvalue weighted by atomic mass is 16.5. The molecule has 0 amide bonds. The average Bonchev–Trinajstić information content (AvgIpc) is 3.00. The molecule has 1 fully saturated rings. The predicted molar refractivity (Wildman–Crippen MR) is 96.9 cm³/mol. The van der Waals surface area contributed by atoms with Crippen molar-refractivity contribution >= 4 is 11.9 Å². The second-order valence-corrected chi connectivity index (χ2v) is 6.99. The van der Waals surface area contributed by atoms with Gasteiger partial charge in [-0.1, -0.05) is 48.5 Å². The summed E-state index contributed by atoms with van der Waals surface area (Å²) >= 11 is 0. The Kier molecular flexibility index (Phi) is 4.24. The number of carboxylic acid groups (broad SMARTS) is 1. The molecule has 0 unspecified atom stereocenters. The van der Waals surface area contributed by atoms with Crippen LogP contribution < -0.4 is 5.32 Å². The highest BCUT2D eigenvalue weighted by molar-refractivity contribution is 5.99. The molecule has 5 nitrogen and oxygen atoms in total. The summed E-state index contributed by atoms with van der Waals surface area (Å²) in [6.07, 6.45) is 0.961. The zero-order valence-electron chi connectivity index (χ0n) is 14.4. The number of hydrogen-bond donors (Lipinski definition) is 2. The maximum atomic E-state index is 12.7. The van der Waals surface area contributed by atoms with E-state index in [1.807, 2.05) is 36.4 Å². The number of piperidine rings is 1. The molecular weight excluding hydrogens is 330 g/mol. The van der Waals surface area contributed by atoms with Crippen LogP contribution in [0, 0.1) is 5.41 Å². The van der Waals surface area contributed by atoms with Crippen LogP contribution >= 0.6 is 0 Å². The molecule has 2 aromatic rings. The molecule has 0 bridgehead atoms. The fourth-order valence-corrected chi connectivity index (χ4v) is 4.09. The lowest BCUT2D eigenvalue weighted by Gasteiger charge is -2.31. The van der Waals surface area contributed by atoms with Crippen molar-refractivity contribution in [3.63, 3.8) is 0 Å². The van der Waals surface area contributed by atoms with E-state index >= 15 is 0 Å². The van der Waals surface area contributed by atoms with Gasteiger partial charge in [-0.3, -0.25) is 9.59 Å². The lowest BCUT2D eigenvalue weighted by atomic mass is 9.81. The smallest absolute Gasteiger partial charge is 0.324 e. The van der Waals surface area contributed by atoms with Gasteiger partial charge in [0.05, 0.1) is 0 Å². The molecule has 26 heavy (non-hydrogen) atoms. The van der Waals surface area contributed by atoms with Crippen molar-refractivity contribution in [1.29, 1.82) is 0 Å². The zero-order valence-corrected chi connectivity index (χ0v) is 14.4. The van der Waals surface area contributed by atoms with Gasteiger partial charge in [0.15, 0.2) is 5.41 Å². The van der Waals surface area contributed by atoms with Crippen LogP contribution in [-0.4, -0.2) is 36.7 Å². The first kappa shape index (κ1) is 16.8. The zero-order chi connectivity index (χ0) is 18.1. The minimum Gasteiger partial charge on any atom is -0.480 e. The molecule has 1 heterocycles. The van der Waals surface area contributed by atoms with Crippen LogP contribution in [0.2, 0.25) is 0 Å². The van der Waals surface area contributed by atoms with Crippen LogP contribution in [0.1, 0.15) is 29.9 Å². The Hall–Kier alpha value is -2.66. The third kappa shape index (κ3) is 2.59. The van der Waals surface area contributed by atoms with Crippen molar-refractivity contribution in [1.82, 2.24) is 5.32 Å². The monoisotopic (exact) mass is 351 g/mol. The number of carbonyl (C=O) groups is 2. The number of fused-ring (bicyclic) bond motifs is 3. The van der Waals surface area contributed by atoms with Gasteiger partial charge in [-0.15, -0.1) is 0 Å². The van der Waals surface area contributed by atoms with Gasteiger partial charge < -0.3 is 15.2 Å². The van der Waals surface area contributed by atoms with Gasteiger partial charge in [0.25, 0.3) is 0 Å². The molecule has 2 aromatic carbocycles. The van der Waals surface area contributed by atoms with E-state index in [1.54, 1.807) is 0 Å². The van der Waals surface area contributed by atoms with Crippen LogP contribution in [-0.2, 0) is 14.3 Å². The molecule has 1 aliphatic carbocycles. The Morgan fingerprint density at radius 3 is 2.23 bits per heavy atom. The molecule has 0 aromatic heterocycles. The molecule has 134 valence electrons. The average molecular weight is 351 g/mol. The summed E-state index contributed by atoms with van der Waals surface area (Å²) in [4.78, 5) is 24.5. The van der Waals surface area contributed by atoms with Gasteiger partial charge in [-0.05, 0) is 41.6 Å². The van der Waals surface area contributed by atoms with Gasteiger partial charge >= 0.3 is 11.9 Å². The molecule has 0 radical (unpaired) electrons. The van der Waals surface area contributed by atoms with E-state index in [4.69, 9.17) is 4.74 Å². The van der Waals surface area contributed by atoms with E-state index < -0.39 is 17.4 Å². The van der Waals surface area contributed by atoms with Crippen molar-refractivity contribution in [2.45, 2.75) is 18.8 Å². The largest absolute Gasteiger partial charge is 0.480 e. The summed E-state index contributed by atoms with van der Waals surface area (Å²) < 4.78 is 5.58. The maximum Gasteiger partial charge on any atom is 0.324 e. The summed E-state index contributed by atoms with van der Waals surface area (Å²) in [5.41, 5.74) is 3.06. The first-order valence-corrected chi connectivity index (χ1v) is 8.93. The van der Waals surface area contributed by atoms with E-state index in [9.17, 15) is 14.7 Å². The summed E-state index contributed by atoms with van der Waals surface area (Å²) in [6, 6.07) is 16.2. The van der Waals surface area contributed by atoms with Gasteiger partial charge in [-0.2, -0.15) is 0 Å². The topological polar surface area (TPSA) is 75.6 Å². The number of benzene rings is 2. The van der Waals surface area contributed by atoms with Crippen molar-refractivity contribution in [3.8, 4) is 11.1 Å². The Labute approximate surface area is 152 Å². The minimum atomic E-state index is -1.48. The van der Waals surface area contributed by atoms with Gasteiger partial charge in [0, 0.05) is 12.5 Å². The Morgan fingerprint density at radius 1 is 1.08 bits per heavy atom. The first-order chi connectivity index (χ1) is 12.6. The molecule has 0 saturated carbocycles. The van der Waals surface area contributed by atoms with E-state index in [0.717, 1.165) is 28.8 Å². The molecule has 5 heteroatoms. The summed E-state index contributed by atoms with van der Waals surface area (Å²) in [6.45, 7) is 1.01. The van der Waals surface area contributed by atoms with Crippen LogP contribution in [0.5, 0.6) is 0 Å². The molecular formula is C21H21NO4. The molecule has 2 N–H and O–H groups in total. The van der Waals surface area contributed by atoms with Crippen LogP contribution in [0.25, 0.3) is 11.1 Å². The van der Waals surface area contributed by atoms with E-state index in [2.05, 4.69) is 17.4 Å². The fraction of sp³-hybridized carbons (Fsp3) is 0.333. The number of nitrogens with one attached hydrogen (secondary N) is 1. The quantitative estimate of drug-likeness (QED) is 0.654. The van der Waals surface area contributed by atoms with Crippen LogP contribution in [0.4, 0.5) is 0 Å². The number of hydrogen-bond acceptors (Lipinski definition) is 4. The van der Waals surface area contributed by atoms with Crippen molar-refractivity contribution < 1.29 is 19.4 Å². The van der Waals surface area contributed by atoms with Gasteiger partial charge in [0.2, 0.25) is 0 Å². The Morgan fingerprint density at radius 2 is 1.69 bits per heavy atom.